The van der Waals surface area contributed by atoms with Gasteiger partial charge in [-0.05, 0) is 18.6 Å². The van der Waals surface area contributed by atoms with E-state index in [1.54, 1.807) is 6.33 Å². The van der Waals surface area contributed by atoms with Crippen molar-refractivity contribution in [3.05, 3.63) is 30.1 Å². The van der Waals surface area contributed by atoms with Gasteiger partial charge in [-0.1, -0.05) is 12.1 Å². The topological polar surface area (TPSA) is 67.5 Å². The standard InChI is InChI=1S/C13H16N2O3/c1-8-3-2-4-9-13(8)14-7-15(9)12-5-10(17)11(6-16)18-12/h2-4,7,10-12,16-17H,5-6H2,1H3/t10-,11+,12+/m0/s1. The van der Waals surface area contributed by atoms with Gasteiger partial charge in [0, 0.05) is 6.42 Å². The average Bonchev–Trinajstić information content (AvgIpc) is 2.93. The van der Waals surface area contributed by atoms with Gasteiger partial charge in [0.1, 0.15) is 12.3 Å². The van der Waals surface area contributed by atoms with Gasteiger partial charge in [0.2, 0.25) is 0 Å². The summed E-state index contributed by atoms with van der Waals surface area (Å²) in [6.45, 7) is 1.85. The zero-order valence-electron chi connectivity index (χ0n) is 10.2. The van der Waals surface area contributed by atoms with Gasteiger partial charge in [0.05, 0.1) is 30.1 Å². The molecule has 0 amide bonds. The number of aromatic nitrogens is 2. The number of aliphatic hydroxyl groups excluding tert-OH is 2. The van der Waals surface area contributed by atoms with Crippen LogP contribution in [0.25, 0.3) is 11.0 Å². The van der Waals surface area contributed by atoms with Crippen LogP contribution in [0.3, 0.4) is 0 Å². The van der Waals surface area contributed by atoms with Crippen LogP contribution in [0.4, 0.5) is 0 Å². The number of benzene rings is 1. The molecule has 1 aromatic heterocycles. The van der Waals surface area contributed by atoms with Crippen LogP contribution in [-0.4, -0.2) is 38.6 Å². The van der Waals surface area contributed by atoms with E-state index in [4.69, 9.17) is 9.84 Å². The van der Waals surface area contributed by atoms with E-state index in [9.17, 15) is 5.11 Å². The van der Waals surface area contributed by atoms with E-state index in [1.165, 1.54) is 0 Å². The minimum Gasteiger partial charge on any atom is -0.394 e. The maximum absolute atomic E-state index is 9.77. The van der Waals surface area contributed by atoms with Crippen LogP contribution in [0.15, 0.2) is 24.5 Å². The molecule has 0 radical (unpaired) electrons. The van der Waals surface area contributed by atoms with Crippen molar-refractivity contribution in [2.45, 2.75) is 31.8 Å². The monoisotopic (exact) mass is 248 g/mol. The van der Waals surface area contributed by atoms with Gasteiger partial charge in [-0.15, -0.1) is 0 Å². The third kappa shape index (κ3) is 1.71. The molecule has 0 bridgehead atoms. The van der Waals surface area contributed by atoms with Gasteiger partial charge in [-0.25, -0.2) is 4.98 Å². The van der Waals surface area contributed by atoms with Crippen molar-refractivity contribution < 1.29 is 14.9 Å². The third-order valence-electron chi connectivity index (χ3n) is 3.50. The molecule has 2 N–H and O–H groups in total. The number of aliphatic hydroxyl groups is 2. The number of hydrogen-bond donors (Lipinski definition) is 2. The van der Waals surface area contributed by atoms with Gasteiger partial charge in [0.15, 0.2) is 0 Å². The quantitative estimate of drug-likeness (QED) is 0.831. The average molecular weight is 248 g/mol. The number of aryl methyl sites for hydroxylation is 1. The highest BCUT2D eigenvalue weighted by Crippen LogP contribution is 2.31. The molecule has 2 heterocycles. The molecule has 5 nitrogen and oxygen atoms in total. The summed E-state index contributed by atoms with van der Waals surface area (Å²) in [5.41, 5.74) is 3.05. The van der Waals surface area contributed by atoms with Crippen LogP contribution in [-0.2, 0) is 4.74 Å². The van der Waals surface area contributed by atoms with Crippen molar-refractivity contribution in [2.24, 2.45) is 0 Å². The minimum atomic E-state index is -0.623. The summed E-state index contributed by atoms with van der Waals surface area (Å²) in [6, 6.07) is 5.97. The number of fused-ring (bicyclic) bond motifs is 1. The highest BCUT2D eigenvalue weighted by Gasteiger charge is 2.34. The normalized spacial score (nSPS) is 28.1. The first-order chi connectivity index (χ1) is 8.70. The molecular weight excluding hydrogens is 232 g/mol. The Kier molecular flexibility index (Phi) is 2.81. The molecular formula is C13H16N2O3. The predicted octanol–water partition coefficient (Wildman–Crippen LogP) is 0.985. The summed E-state index contributed by atoms with van der Waals surface area (Å²) < 4.78 is 7.56. The molecule has 1 fully saturated rings. The van der Waals surface area contributed by atoms with Crippen molar-refractivity contribution in [3.8, 4) is 0 Å². The molecule has 96 valence electrons. The number of nitrogens with zero attached hydrogens (tertiary/aromatic N) is 2. The van der Waals surface area contributed by atoms with Crippen LogP contribution in [0.1, 0.15) is 18.2 Å². The van der Waals surface area contributed by atoms with Crippen LogP contribution in [0, 0.1) is 6.92 Å². The smallest absolute Gasteiger partial charge is 0.138 e. The zero-order valence-corrected chi connectivity index (χ0v) is 10.2. The second-order valence-corrected chi connectivity index (χ2v) is 4.71. The fourth-order valence-electron chi connectivity index (χ4n) is 2.48. The van der Waals surface area contributed by atoms with E-state index < -0.39 is 12.2 Å². The van der Waals surface area contributed by atoms with E-state index >= 15 is 0 Å². The summed E-state index contributed by atoms with van der Waals surface area (Å²) in [5.74, 6) is 0. The first-order valence-electron chi connectivity index (χ1n) is 6.07. The van der Waals surface area contributed by atoms with Gasteiger partial charge in [0.25, 0.3) is 0 Å². The molecule has 0 spiro atoms. The molecule has 1 aliphatic rings. The summed E-state index contributed by atoms with van der Waals surface area (Å²) in [6.07, 6.45) is 0.822. The number of imidazole rings is 1. The Balaban J connectivity index is 1.99. The van der Waals surface area contributed by atoms with Crippen molar-refractivity contribution in [1.29, 1.82) is 0 Å². The molecule has 2 aromatic rings. The van der Waals surface area contributed by atoms with Crippen LogP contribution in [0.5, 0.6) is 0 Å². The first-order valence-corrected chi connectivity index (χ1v) is 6.07. The second-order valence-electron chi connectivity index (χ2n) is 4.71. The van der Waals surface area contributed by atoms with Crippen molar-refractivity contribution in [3.63, 3.8) is 0 Å². The Bertz CT molecular complexity index is 566. The van der Waals surface area contributed by atoms with Gasteiger partial charge in [-0.2, -0.15) is 0 Å². The lowest BCUT2D eigenvalue weighted by atomic mass is 10.2. The van der Waals surface area contributed by atoms with Crippen LogP contribution < -0.4 is 0 Å². The maximum Gasteiger partial charge on any atom is 0.138 e. The van der Waals surface area contributed by atoms with Crippen molar-refractivity contribution in [2.75, 3.05) is 6.61 Å². The van der Waals surface area contributed by atoms with E-state index in [-0.39, 0.29) is 12.8 Å². The maximum atomic E-state index is 9.77. The fourth-order valence-corrected chi connectivity index (χ4v) is 2.48. The highest BCUT2D eigenvalue weighted by molar-refractivity contribution is 5.78. The van der Waals surface area contributed by atoms with E-state index in [0.717, 1.165) is 16.6 Å². The number of rotatable bonds is 2. The lowest BCUT2D eigenvalue weighted by molar-refractivity contribution is -0.0430. The number of ether oxygens (including phenoxy) is 1. The summed E-state index contributed by atoms with van der Waals surface area (Å²) in [7, 11) is 0. The molecule has 1 aromatic carbocycles. The lowest BCUT2D eigenvalue weighted by Gasteiger charge is -2.14. The lowest BCUT2D eigenvalue weighted by Crippen LogP contribution is -2.24. The Morgan fingerprint density at radius 2 is 2.33 bits per heavy atom. The van der Waals surface area contributed by atoms with E-state index in [0.29, 0.717) is 6.42 Å². The van der Waals surface area contributed by atoms with Gasteiger partial charge < -0.3 is 19.5 Å². The van der Waals surface area contributed by atoms with E-state index in [2.05, 4.69) is 4.98 Å². The fraction of sp³-hybridized carbons (Fsp3) is 0.462. The molecule has 1 aliphatic heterocycles. The summed E-state index contributed by atoms with van der Waals surface area (Å²) in [4.78, 5) is 4.38. The Labute approximate surface area is 105 Å². The Morgan fingerprint density at radius 1 is 1.50 bits per heavy atom. The Morgan fingerprint density at radius 3 is 3.06 bits per heavy atom. The molecule has 0 saturated carbocycles. The summed E-state index contributed by atoms with van der Waals surface area (Å²) in [5, 5.41) is 18.9. The second kappa shape index (κ2) is 4.35. The largest absolute Gasteiger partial charge is 0.394 e. The molecule has 1 saturated heterocycles. The van der Waals surface area contributed by atoms with Gasteiger partial charge in [-0.3, -0.25) is 0 Å². The molecule has 3 atom stereocenters. The van der Waals surface area contributed by atoms with E-state index in [1.807, 2.05) is 29.7 Å². The predicted molar refractivity (Wildman–Crippen MR) is 66.1 cm³/mol. The minimum absolute atomic E-state index is 0.163. The van der Waals surface area contributed by atoms with Crippen LogP contribution >= 0.6 is 0 Å². The van der Waals surface area contributed by atoms with Crippen LogP contribution in [0.2, 0.25) is 0 Å². The SMILES string of the molecule is Cc1cccc2c1ncn2[C@H]1C[C@H](O)[C@@H](CO)O1. The van der Waals surface area contributed by atoms with Crippen molar-refractivity contribution >= 4 is 11.0 Å². The number of para-hydroxylation sites is 1. The first kappa shape index (κ1) is 11.6. The molecule has 0 aliphatic carbocycles. The molecule has 18 heavy (non-hydrogen) atoms. The molecule has 5 heteroatoms. The Hall–Kier alpha value is -1.43. The molecule has 3 rings (SSSR count). The van der Waals surface area contributed by atoms with Gasteiger partial charge >= 0.3 is 0 Å². The highest BCUT2D eigenvalue weighted by atomic mass is 16.5. The molecule has 0 unspecified atom stereocenters. The number of hydrogen-bond acceptors (Lipinski definition) is 4. The zero-order chi connectivity index (χ0) is 12.7. The van der Waals surface area contributed by atoms with Crippen molar-refractivity contribution in [1.82, 2.24) is 9.55 Å². The summed E-state index contributed by atoms with van der Waals surface area (Å²) >= 11 is 0. The third-order valence-corrected chi connectivity index (χ3v) is 3.50.